The lowest BCUT2D eigenvalue weighted by Gasteiger charge is -2.28. The smallest absolute Gasteiger partial charge is 0.409 e. The molecule has 11 heteroatoms. The van der Waals surface area contributed by atoms with E-state index in [1.54, 1.807) is 20.2 Å². The molecular formula is C25H42FN5O5. The first kappa shape index (κ1) is 31.0. The van der Waals surface area contributed by atoms with Gasteiger partial charge >= 0.3 is 6.09 Å². The predicted octanol–water partition coefficient (Wildman–Crippen LogP) is 3.39. The van der Waals surface area contributed by atoms with E-state index in [-0.39, 0.29) is 12.7 Å². The quantitative estimate of drug-likeness (QED) is 0.198. The number of amides is 1. The number of pyridine rings is 1. The fraction of sp³-hybridized carbons (Fsp3) is 0.640. The molecule has 1 saturated carbocycles. The Morgan fingerprint density at radius 2 is 1.97 bits per heavy atom. The van der Waals surface area contributed by atoms with Gasteiger partial charge in [0.05, 0.1) is 42.7 Å². The molecule has 204 valence electrons. The average Bonchev–Trinajstić information content (AvgIpc) is 2.85. The molecule has 1 aliphatic carbocycles. The number of hydrogen-bond acceptors (Lipinski definition) is 9. The van der Waals surface area contributed by atoms with Crippen LogP contribution < -0.4 is 16.3 Å². The van der Waals surface area contributed by atoms with Gasteiger partial charge in [0.1, 0.15) is 12.4 Å². The molecular weight excluding hydrogens is 469 g/mol. The van der Waals surface area contributed by atoms with E-state index in [4.69, 9.17) is 25.8 Å². The zero-order valence-corrected chi connectivity index (χ0v) is 22.2. The van der Waals surface area contributed by atoms with Crippen LogP contribution in [0.15, 0.2) is 17.8 Å². The normalized spacial score (nSPS) is 17.6. The topological polar surface area (TPSA) is 133 Å². The van der Waals surface area contributed by atoms with Gasteiger partial charge in [-0.15, -0.1) is 0 Å². The Bertz CT molecular complexity index is 852. The van der Waals surface area contributed by atoms with Crippen molar-refractivity contribution in [3.8, 4) is 5.75 Å². The van der Waals surface area contributed by atoms with E-state index >= 15 is 0 Å². The van der Waals surface area contributed by atoms with Crippen molar-refractivity contribution in [1.29, 1.82) is 0 Å². The summed E-state index contributed by atoms with van der Waals surface area (Å²) in [6, 6.07) is 3.67. The number of rotatable bonds is 11. The van der Waals surface area contributed by atoms with Gasteiger partial charge < -0.3 is 29.9 Å². The number of carbonyl (C=O) groups is 2. The molecule has 2 atom stereocenters. The van der Waals surface area contributed by atoms with Gasteiger partial charge in [-0.05, 0) is 57.1 Å². The summed E-state index contributed by atoms with van der Waals surface area (Å²) in [5.74, 6) is 7.36. The second-order valence-corrected chi connectivity index (χ2v) is 8.97. The van der Waals surface area contributed by atoms with Crippen LogP contribution in [-0.4, -0.2) is 74.6 Å². The zero-order valence-electron chi connectivity index (χ0n) is 22.2. The first-order chi connectivity index (χ1) is 17.1. The standard InChI is InChI=1S/C23H38FN5O3.C2H4O2/c1-16-8-7-9-18(14-16)32-21-11-10-19(27-17(21)2)22(25)20(29(4)26)15-31-23(30)28(3)13-6-5-12-24;1-4-2-3/h10-11,16,18H,5-9,12-15,25-26H2,1-4H3;2H,1H3/b22-20-;. The van der Waals surface area contributed by atoms with Crippen LogP contribution in [-0.2, 0) is 14.3 Å². The van der Waals surface area contributed by atoms with Gasteiger partial charge in [0, 0.05) is 20.6 Å². The lowest BCUT2D eigenvalue weighted by molar-refractivity contribution is -0.126. The summed E-state index contributed by atoms with van der Waals surface area (Å²) in [5.41, 5.74) is 8.36. The van der Waals surface area contributed by atoms with Gasteiger partial charge in [-0.1, -0.05) is 13.3 Å². The van der Waals surface area contributed by atoms with Gasteiger partial charge in [0.15, 0.2) is 0 Å². The van der Waals surface area contributed by atoms with Crippen LogP contribution in [0.1, 0.15) is 56.8 Å². The minimum Gasteiger partial charge on any atom is -0.489 e. The first-order valence-electron chi connectivity index (χ1n) is 12.2. The summed E-state index contributed by atoms with van der Waals surface area (Å²) < 4.78 is 27.6. The van der Waals surface area contributed by atoms with Crippen molar-refractivity contribution in [2.24, 2.45) is 17.5 Å². The van der Waals surface area contributed by atoms with E-state index in [2.05, 4.69) is 16.6 Å². The van der Waals surface area contributed by atoms with Gasteiger partial charge in [0.25, 0.3) is 6.47 Å². The van der Waals surface area contributed by atoms with Gasteiger partial charge in [-0.25, -0.2) is 15.6 Å². The minimum absolute atomic E-state index is 0.107. The Morgan fingerprint density at radius 3 is 2.53 bits per heavy atom. The van der Waals surface area contributed by atoms with Crippen LogP contribution in [0.25, 0.3) is 5.70 Å². The summed E-state index contributed by atoms with van der Waals surface area (Å²) in [5, 5.41) is 1.32. The number of likely N-dealkylation sites (N-methyl/N-ethyl adjacent to an activating group) is 1. The number of nitrogens with two attached hydrogens (primary N) is 2. The average molecular weight is 512 g/mol. The van der Waals surface area contributed by atoms with E-state index < -0.39 is 12.8 Å². The minimum atomic E-state index is -0.523. The molecule has 0 bridgehead atoms. The molecule has 0 aliphatic heterocycles. The van der Waals surface area contributed by atoms with Crippen molar-refractivity contribution in [2.75, 3.05) is 41.0 Å². The number of aromatic nitrogens is 1. The predicted molar refractivity (Wildman–Crippen MR) is 136 cm³/mol. The molecule has 0 saturated heterocycles. The monoisotopic (exact) mass is 511 g/mol. The van der Waals surface area contributed by atoms with Gasteiger partial charge in [0.2, 0.25) is 0 Å². The molecule has 1 aromatic heterocycles. The molecule has 4 N–H and O–H groups in total. The number of nitrogens with zero attached hydrogens (tertiary/aromatic N) is 3. The third-order valence-electron chi connectivity index (χ3n) is 5.85. The molecule has 10 nitrogen and oxygen atoms in total. The lowest BCUT2D eigenvalue weighted by atomic mass is 9.89. The molecule has 0 spiro atoms. The molecule has 0 radical (unpaired) electrons. The molecule has 36 heavy (non-hydrogen) atoms. The van der Waals surface area contributed by atoms with Crippen molar-refractivity contribution >= 4 is 18.3 Å². The van der Waals surface area contributed by atoms with Gasteiger partial charge in [-0.2, -0.15) is 0 Å². The molecule has 2 rings (SSSR count). The second-order valence-electron chi connectivity index (χ2n) is 8.97. The highest BCUT2D eigenvalue weighted by Gasteiger charge is 2.22. The van der Waals surface area contributed by atoms with Crippen LogP contribution in [0.2, 0.25) is 0 Å². The molecule has 2 unspecified atom stereocenters. The Kier molecular flexibility index (Phi) is 14.2. The summed E-state index contributed by atoms with van der Waals surface area (Å²) >= 11 is 0. The third kappa shape index (κ3) is 10.7. The van der Waals surface area contributed by atoms with Crippen LogP contribution in [0.5, 0.6) is 5.75 Å². The maximum Gasteiger partial charge on any atom is 0.409 e. The lowest BCUT2D eigenvalue weighted by Crippen LogP contribution is -2.34. The highest BCUT2D eigenvalue weighted by Crippen LogP contribution is 2.29. The fourth-order valence-corrected chi connectivity index (χ4v) is 3.78. The second kappa shape index (κ2) is 16.6. The van der Waals surface area contributed by atoms with Gasteiger partial charge in [-0.3, -0.25) is 9.18 Å². The Morgan fingerprint density at radius 1 is 1.28 bits per heavy atom. The van der Waals surface area contributed by atoms with E-state index in [0.717, 1.165) is 24.3 Å². The number of aryl methyl sites for hydroxylation is 1. The van der Waals surface area contributed by atoms with Crippen molar-refractivity contribution in [3.05, 3.63) is 29.2 Å². The summed E-state index contributed by atoms with van der Waals surface area (Å²) in [4.78, 5) is 27.1. The number of halogens is 1. The highest BCUT2D eigenvalue weighted by molar-refractivity contribution is 5.68. The first-order valence-corrected chi connectivity index (χ1v) is 12.2. The largest absolute Gasteiger partial charge is 0.489 e. The van der Waals surface area contributed by atoms with Crippen molar-refractivity contribution in [2.45, 2.75) is 58.5 Å². The molecule has 1 fully saturated rings. The van der Waals surface area contributed by atoms with Crippen LogP contribution in [0, 0.1) is 12.8 Å². The maximum atomic E-state index is 12.2. The van der Waals surface area contributed by atoms with E-state index in [1.807, 2.05) is 13.0 Å². The van der Waals surface area contributed by atoms with Crippen molar-refractivity contribution in [1.82, 2.24) is 14.9 Å². The van der Waals surface area contributed by atoms with Crippen molar-refractivity contribution < 1.29 is 28.2 Å². The zero-order chi connectivity index (χ0) is 27.1. The van der Waals surface area contributed by atoms with Crippen LogP contribution in [0.4, 0.5) is 9.18 Å². The molecule has 1 amide bonds. The number of carbonyl (C=O) groups excluding carboxylic acids is 2. The van der Waals surface area contributed by atoms with E-state index in [1.165, 1.54) is 29.9 Å². The number of methoxy groups -OCH3 is 1. The Labute approximate surface area is 213 Å². The number of hydrazine groups is 1. The summed E-state index contributed by atoms with van der Waals surface area (Å²) in [6.07, 6.45) is 5.22. The summed E-state index contributed by atoms with van der Waals surface area (Å²) in [6.45, 7) is 4.42. The van der Waals surface area contributed by atoms with Crippen LogP contribution >= 0.6 is 0 Å². The number of unbranched alkanes of at least 4 members (excludes halogenated alkanes) is 1. The maximum absolute atomic E-state index is 12.2. The molecule has 1 heterocycles. The van der Waals surface area contributed by atoms with Crippen LogP contribution in [0.3, 0.4) is 0 Å². The third-order valence-corrected chi connectivity index (χ3v) is 5.85. The van der Waals surface area contributed by atoms with E-state index in [0.29, 0.717) is 48.9 Å². The highest BCUT2D eigenvalue weighted by atomic mass is 19.1. The number of ether oxygens (including phenoxy) is 3. The SMILES string of the molecule is COC=O.Cc1nc(/C(N)=C(\COC(=O)N(C)CCCCF)N(C)N)ccc1OC1CCCC(C)C1. The van der Waals surface area contributed by atoms with E-state index in [9.17, 15) is 9.18 Å². The fourth-order valence-electron chi connectivity index (χ4n) is 3.78. The Balaban J connectivity index is 0.00000150. The summed E-state index contributed by atoms with van der Waals surface area (Å²) in [7, 11) is 4.54. The molecule has 1 aromatic rings. The Hall–Kier alpha value is -3.08. The molecule has 0 aromatic carbocycles. The molecule has 1 aliphatic rings. The number of hydrogen-bond donors (Lipinski definition) is 2. The van der Waals surface area contributed by atoms with Crippen molar-refractivity contribution in [3.63, 3.8) is 0 Å². The number of alkyl halides is 1.